The quantitative estimate of drug-likeness (QED) is 0.747. The molecule has 0 saturated heterocycles. The molecule has 0 aromatic heterocycles. The Morgan fingerprint density at radius 1 is 0.870 bits per heavy atom. The lowest BCUT2D eigenvalue weighted by molar-refractivity contribution is -0.326. The third-order valence-corrected chi connectivity index (χ3v) is 4.04. The zero-order valence-electron chi connectivity index (χ0n) is 13.2. The van der Waals surface area contributed by atoms with Crippen molar-refractivity contribution in [2.45, 2.75) is 32.6 Å². The Bertz CT molecular complexity index is 706. The van der Waals surface area contributed by atoms with Gasteiger partial charge in [-0.25, -0.2) is 0 Å². The average molecular weight is 310 g/mol. The summed E-state index contributed by atoms with van der Waals surface area (Å²) in [6.07, 6.45) is 1.21. The SMILES string of the molecule is CCc1c(-c2ccccc2)ccc(C(C(=O)[O-])C(=O)[O-])c1CC. The lowest BCUT2D eigenvalue weighted by Gasteiger charge is -2.25. The summed E-state index contributed by atoms with van der Waals surface area (Å²) in [5.41, 5.74) is 3.97. The van der Waals surface area contributed by atoms with Crippen molar-refractivity contribution >= 4 is 11.9 Å². The number of benzene rings is 2. The molecule has 2 aromatic rings. The van der Waals surface area contributed by atoms with Gasteiger partial charge in [0.05, 0.1) is 17.9 Å². The number of rotatable bonds is 6. The zero-order valence-corrected chi connectivity index (χ0v) is 13.2. The molecule has 0 heterocycles. The van der Waals surface area contributed by atoms with Gasteiger partial charge in [-0.2, -0.15) is 0 Å². The van der Waals surface area contributed by atoms with Crippen LogP contribution < -0.4 is 10.2 Å². The fourth-order valence-electron chi connectivity index (χ4n) is 3.04. The van der Waals surface area contributed by atoms with Gasteiger partial charge < -0.3 is 19.8 Å². The molecule has 4 heteroatoms. The minimum Gasteiger partial charge on any atom is -0.549 e. The van der Waals surface area contributed by atoms with Crippen molar-refractivity contribution in [3.63, 3.8) is 0 Å². The highest BCUT2D eigenvalue weighted by molar-refractivity contribution is 5.97. The van der Waals surface area contributed by atoms with Crippen molar-refractivity contribution in [1.82, 2.24) is 0 Å². The van der Waals surface area contributed by atoms with Gasteiger partial charge in [-0.3, -0.25) is 0 Å². The topological polar surface area (TPSA) is 80.3 Å². The standard InChI is InChI=1S/C19H20O4/c1-3-13-14(4-2)16(17(18(20)21)19(22)23)11-10-15(13)12-8-6-5-7-9-12/h5-11,17H,3-4H2,1-2H3,(H,20,21)(H,22,23)/p-2. The van der Waals surface area contributed by atoms with Crippen LogP contribution in [0.15, 0.2) is 42.5 Å². The minimum atomic E-state index is -1.75. The van der Waals surface area contributed by atoms with Crippen LogP contribution in [0.3, 0.4) is 0 Å². The fourth-order valence-corrected chi connectivity index (χ4v) is 3.04. The molecule has 0 amide bonds. The first kappa shape index (κ1) is 16.7. The van der Waals surface area contributed by atoms with Crippen molar-refractivity contribution in [1.29, 1.82) is 0 Å². The third-order valence-electron chi connectivity index (χ3n) is 4.04. The highest BCUT2D eigenvalue weighted by atomic mass is 16.4. The van der Waals surface area contributed by atoms with E-state index in [4.69, 9.17) is 0 Å². The number of carbonyl (C=O) groups excluding carboxylic acids is 2. The number of carboxylic acid groups (broad SMARTS) is 2. The summed E-state index contributed by atoms with van der Waals surface area (Å²) in [6.45, 7) is 3.85. The van der Waals surface area contributed by atoms with Crippen LogP contribution in [-0.4, -0.2) is 11.9 Å². The maximum atomic E-state index is 11.2. The largest absolute Gasteiger partial charge is 0.549 e. The molecule has 0 spiro atoms. The lowest BCUT2D eigenvalue weighted by Crippen LogP contribution is -2.42. The number of carbonyl (C=O) groups is 2. The van der Waals surface area contributed by atoms with Crippen molar-refractivity contribution in [3.05, 3.63) is 59.2 Å². The molecule has 0 radical (unpaired) electrons. The summed E-state index contributed by atoms with van der Waals surface area (Å²) in [6, 6.07) is 13.1. The maximum Gasteiger partial charge on any atom is 0.0635 e. The smallest absolute Gasteiger partial charge is 0.0635 e. The first-order valence-electron chi connectivity index (χ1n) is 7.63. The summed E-state index contributed by atoms with van der Waals surface area (Å²) >= 11 is 0. The Labute approximate surface area is 135 Å². The molecule has 0 bridgehead atoms. The predicted octanol–water partition coefficient (Wildman–Crippen LogP) is 1.06. The van der Waals surface area contributed by atoms with E-state index in [0.29, 0.717) is 12.8 Å². The number of hydrogen-bond acceptors (Lipinski definition) is 4. The Kier molecular flexibility index (Phi) is 5.16. The molecule has 0 N–H and O–H groups in total. The van der Waals surface area contributed by atoms with Crippen LogP contribution in [0.2, 0.25) is 0 Å². The molecule has 0 saturated carbocycles. The van der Waals surface area contributed by atoms with Crippen LogP contribution >= 0.6 is 0 Å². The van der Waals surface area contributed by atoms with E-state index in [1.54, 1.807) is 12.1 Å². The van der Waals surface area contributed by atoms with Gasteiger partial charge in [-0.05, 0) is 40.7 Å². The first-order valence-corrected chi connectivity index (χ1v) is 7.63. The molecule has 4 nitrogen and oxygen atoms in total. The zero-order chi connectivity index (χ0) is 17.0. The molecule has 0 fully saturated rings. The molecule has 0 atom stereocenters. The normalized spacial score (nSPS) is 10.7. The Balaban J connectivity index is 2.69. The molecule has 120 valence electrons. The molecule has 0 aliphatic carbocycles. The highest BCUT2D eigenvalue weighted by Gasteiger charge is 2.21. The lowest BCUT2D eigenvalue weighted by atomic mass is 9.84. The summed E-state index contributed by atoms with van der Waals surface area (Å²) in [7, 11) is 0. The van der Waals surface area contributed by atoms with Gasteiger partial charge in [0.25, 0.3) is 0 Å². The van der Waals surface area contributed by atoms with Crippen molar-refractivity contribution < 1.29 is 19.8 Å². The molecular weight excluding hydrogens is 292 g/mol. The van der Waals surface area contributed by atoms with E-state index in [1.165, 1.54) is 0 Å². The van der Waals surface area contributed by atoms with E-state index < -0.39 is 17.9 Å². The second-order valence-electron chi connectivity index (χ2n) is 5.30. The van der Waals surface area contributed by atoms with Crippen LogP contribution in [0, 0.1) is 0 Å². The number of carboxylic acids is 2. The summed E-state index contributed by atoms with van der Waals surface area (Å²) in [5.74, 6) is -5.04. The van der Waals surface area contributed by atoms with Crippen LogP contribution in [0.4, 0.5) is 0 Å². The summed E-state index contributed by atoms with van der Waals surface area (Å²) in [4.78, 5) is 22.5. The van der Waals surface area contributed by atoms with Gasteiger partial charge in [0.1, 0.15) is 0 Å². The molecule has 0 aliphatic heterocycles. The Hall–Kier alpha value is -2.62. The molecule has 2 rings (SSSR count). The number of hydrogen-bond donors (Lipinski definition) is 0. The average Bonchev–Trinajstić information content (AvgIpc) is 2.54. The summed E-state index contributed by atoms with van der Waals surface area (Å²) in [5, 5.41) is 22.5. The van der Waals surface area contributed by atoms with Gasteiger partial charge in [0.2, 0.25) is 0 Å². The van der Waals surface area contributed by atoms with Crippen LogP contribution in [0.1, 0.15) is 36.5 Å². The van der Waals surface area contributed by atoms with E-state index in [-0.39, 0.29) is 5.56 Å². The van der Waals surface area contributed by atoms with Crippen LogP contribution in [0.5, 0.6) is 0 Å². The van der Waals surface area contributed by atoms with E-state index in [1.807, 2.05) is 44.2 Å². The van der Waals surface area contributed by atoms with Gasteiger partial charge in [-0.15, -0.1) is 0 Å². The van der Waals surface area contributed by atoms with Gasteiger partial charge >= 0.3 is 0 Å². The highest BCUT2D eigenvalue weighted by Crippen LogP contribution is 2.32. The van der Waals surface area contributed by atoms with E-state index in [0.717, 1.165) is 22.3 Å². The minimum absolute atomic E-state index is 0.254. The van der Waals surface area contributed by atoms with Crippen molar-refractivity contribution in [3.8, 4) is 11.1 Å². The van der Waals surface area contributed by atoms with Gasteiger partial charge in [-0.1, -0.05) is 56.3 Å². The molecule has 23 heavy (non-hydrogen) atoms. The Morgan fingerprint density at radius 2 is 1.43 bits per heavy atom. The summed E-state index contributed by atoms with van der Waals surface area (Å²) < 4.78 is 0. The molecular formula is C19H18O4-2. The second-order valence-corrected chi connectivity index (χ2v) is 5.30. The molecule has 0 unspecified atom stereocenters. The van der Waals surface area contributed by atoms with Crippen LogP contribution in [0.25, 0.3) is 11.1 Å². The first-order chi connectivity index (χ1) is 11.0. The van der Waals surface area contributed by atoms with Crippen LogP contribution in [-0.2, 0) is 22.4 Å². The monoisotopic (exact) mass is 310 g/mol. The molecule has 0 aliphatic rings. The maximum absolute atomic E-state index is 11.2. The third kappa shape index (κ3) is 3.26. The molecule has 2 aromatic carbocycles. The van der Waals surface area contributed by atoms with E-state index in [2.05, 4.69) is 0 Å². The van der Waals surface area contributed by atoms with Gasteiger partial charge in [0.15, 0.2) is 0 Å². The second kappa shape index (κ2) is 7.09. The van der Waals surface area contributed by atoms with Gasteiger partial charge in [0, 0.05) is 0 Å². The van der Waals surface area contributed by atoms with Crippen molar-refractivity contribution in [2.75, 3.05) is 0 Å². The Morgan fingerprint density at radius 3 is 1.91 bits per heavy atom. The number of aliphatic carboxylic acids is 2. The fraction of sp³-hybridized carbons (Fsp3) is 0.263. The van der Waals surface area contributed by atoms with E-state index >= 15 is 0 Å². The van der Waals surface area contributed by atoms with Crippen molar-refractivity contribution in [2.24, 2.45) is 0 Å². The van der Waals surface area contributed by atoms with E-state index in [9.17, 15) is 19.8 Å². The predicted molar refractivity (Wildman–Crippen MR) is 83.4 cm³/mol.